The van der Waals surface area contributed by atoms with Crippen molar-refractivity contribution >= 4 is 54.1 Å². The molecule has 0 saturated heterocycles. The summed E-state index contributed by atoms with van der Waals surface area (Å²) in [7, 11) is -3.88. The Labute approximate surface area is 199 Å². The Balaban J connectivity index is 1.66. The third-order valence-corrected chi connectivity index (χ3v) is 9.03. The topological polar surface area (TPSA) is 48.3 Å². The fourth-order valence-electron chi connectivity index (χ4n) is 3.92. The fourth-order valence-corrected chi connectivity index (χ4v) is 6.92. The molecular formula is C25H20FNO3S3. The first kappa shape index (κ1) is 22.0. The number of thiophene rings is 1. The number of halogens is 1. The lowest BCUT2D eigenvalue weighted by Crippen LogP contribution is -2.12. The molecule has 0 amide bonds. The lowest BCUT2D eigenvalue weighted by molar-refractivity contribution is 0.438. The molecule has 0 aliphatic heterocycles. The van der Waals surface area contributed by atoms with Crippen LogP contribution in [0.1, 0.15) is 11.1 Å². The second kappa shape index (κ2) is 8.20. The molecule has 5 rings (SSSR count). The summed E-state index contributed by atoms with van der Waals surface area (Å²) in [6.07, 6.45) is 3.29. The first-order chi connectivity index (χ1) is 15.8. The molecule has 0 unspecified atom stereocenters. The summed E-state index contributed by atoms with van der Waals surface area (Å²) in [6, 6.07) is 15.5. The van der Waals surface area contributed by atoms with Crippen LogP contribution in [0.15, 0.2) is 76.0 Å². The fraction of sp³-hybridized carbons (Fsp3) is 0.120. The molecule has 3 aromatic carbocycles. The average molecular weight is 498 g/mol. The van der Waals surface area contributed by atoms with Crippen LogP contribution in [0.25, 0.3) is 21.0 Å². The van der Waals surface area contributed by atoms with Crippen molar-refractivity contribution in [2.45, 2.75) is 23.6 Å². The van der Waals surface area contributed by atoms with Crippen LogP contribution in [0.5, 0.6) is 11.5 Å². The van der Waals surface area contributed by atoms with Crippen molar-refractivity contribution < 1.29 is 17.5 Å². The van der Waals surface area contributed by atoms with E-state index in [4.69, 9.17) is 4.74 Å². The normalized spacial score (nSPS) is 12.0. The number of thioether (sulfide) groups is 1. The number of aromatic nitrogens is 1. The summed E-state index contributed by atoms with van der Waals surface area (Å²) in [5, 5.41) is 3.44. The van der Waals surface area contributed by atoms with Gasteiger partial charge in [-0.05, 0) is 49.9 Å². The molecule has 168 valence electrons. The van der Waals surface area contributed by atoms with Crippen molar-refractivity contribution in [2.75, 3.05) is 6.26 Å². The minimum absolute atomic E-state index is 0.100. The van der Waals surface area contributed by atoms with Crippen LogP contribution in [-0.2, 0) is 10.0 Å². The number of rotatable bonds is 5. The Morgan fingerprint density at radius 1 is 1.06 bits per heavy atom. The smallest absolute Gasteiger partial charge is 0.268 e. The minimum atomic E-state index is -3.88. The molecule has 4 nitrogen and oxygen atoms in total. The van der Waals surface area contributed by atoms with Crippen molar-refractivity contribution in [1.29, 1.82) is 0 Å². The number of hydrogen-bond acceptors (Lipinski definition) is 5. The lowest BCUT2D eigenvalue weighted by atomic mass is 10.1. The highest BCUT2D eigenvalue weighted by molar-refractivity contribution is 7.99. The van der Waals surface area contributed by atoms with E-state index in [1.165, 1.54) is 35.4 Å². The van der Waals surface area contributed by atoms with Crippen LogP contribution < -0.4 is 4.74 Å². The second-order valence-electron chi connectivity index (χ2n) is 7.73. The maximum atomic E-state index is 15.4. The molecule has 0 radical (unpaired) electrons. The van der Waals surface area contributed by atoms with Gasteiger partial charge in [-0.1, -0.05) is 29.8 Å². The van der Waals surface area contributed by atoms with Crippen molar-refractivity contribution in [2.24, 2.45) is 0 Å². The molecule has 0 bridgehead atoms. The van der Waals surface area contributed by atoms with E-state index in [9.17, 15) is 8.42 Å². The van der Waals surface area contributed by atoms with Gasteiger partial charge in [-0.3, -0.25) is 0 Å². The van der Waals surface area contributed by atoms with Crippen LogP contribution in [0.3, 0.4) is 0 Å². The van der Waals surface area contributed by atoms with Gasteiger partial charge in [-0.15, -0.1) is 23.1 Å². The third kappa shape index (κ3) is 3.62. The molecule has 8 heteroatoms. The molecule has 2 aromatic heterocycles. The maximum absolute atomic E-state index is 15.4. The first-order valence-electron chi connectivity index (χ1n) is 10.2. The number of aryl methyl sites for hydroxylation is 2. The van der Waals surface area contributed by atoms with Gasteiger partial charge in [-0.25, -0.2) is 16.8 Å². The van der Waals surface area contributed by atoms with Crippen molar-refractivity contribution in [1.82, 2.24) is 3.97 Å². The van der Waals surface area contributed by atoms with Crippen molar-refractivity contribution in [3.8, 4) is 11.5 Å². The quantitative estimate of drug-likeness (QED) is 0.238. The Hall–Kier alpha value is -2.81. The van der Waals surface area contributed by atoms with E-state index in [1.54, 1.807) is 30.3 Å². The molecule has 0 aliphatic rings. The summed E-state index contributed by atoms with van der Waals surface area (Å²) >= 11 is 2.86. The Morgan fingerprint density at radius 3 is 2.55 bits per heavy atom. The van der Waals surface area contributed by atoms with Gasteiger partial charge in [0.25, 0.3) is 10.0 Å². The highest BCUT2D eigenvalue weighted by atomic mass is 32.2. The van der Waals surface area contributed by atoms with E-state index in [0.717, 1.165) is 25.2 Å². The van der Waals surface area contributed by atoms with E-state index < -0.39 is 15.8 Å². The number of benzene rings is 3. The minimum Gasteiger partial charge on any atom is -0.452 e. The van der Waals surface area contributed by atoms with Gasteiger partial charge in [-0.2, -0.15) is 0 Å². The predicted octanol–water partition coefficient (Wildman–Crippen LogP) is 7.36. The van der Waals surface area contributed by atoms with Gasteiger partial charge >= 0.3 is 0 Å². The second-order valence-corrected chi connectivity index (χ2v) is 11.3. The first-order valence-corrected chi connectivity index (χ1v) is 13.7. The van der Waals surface area contributed by atoms with Gasteiger partial charge in [0.1, 0.15) is 5.75 Å². The zero-order valence-electron chi connectivity index (χ0n) is 18.1. The van der Waals surface area contributed by atoms with Crippen LogP contribution in [-0.4, -0.2) is 18.6 Å². The molecule has 5 aromatic rings. The van der Waals surface area contributed by atoms with E-state index in [2.05, 4.69) is 0 Å². The van der Waals surface area contributed by atoms with Crippen LogP contribution in [0.4, 0.5) is 4.39 Å². The van der Waals surface area contributed by atoms with Gasteiger partial charge in [0.05, 0.1) is 15.3 Å². The Bertz CT molecular complexity index is 1620. The monoisotopic (exact) mass is 497 g/mol. The molecule has 0 saturated carbocycles. The molecule has 2 heterocycles. The maximum Gasteiger partial charge on any atom is 0.268 e. The van der Waals surface area contributed by atoms with Crippen molar-refractivity contribution in [3.05, 3.63) is 83.1 Å². The summed E-state index contributed by atoms with van der Waals surface area (Å²) in [4.78, 5) is 0.702. The zero-order valence-corrected chi connectivity index (χ0v) is 20.6. The number of hydrogen-bond donors (Lipinski definition) is 0. The predicted molar refractivity (Wildman–Crippen MR) is 134 cm³/mol. The lowest BCUT2D eigenvalue weighted by Gasteiger charge is -2.14. The standard InChI is InChI=1S/C25H20FNO3S3/c1-15-7-9-17(10-8-15)33(28,29)27-12-11-18-20(27)13-19(26)24(25(18)31-3)30-21-14-32-22-6-4-5-16(2)23(21)22/h4-14H,1-3H3. The molecule has 0 N–H and O–H groups in total. The molecule has 0 spiro atoms. The van der Waals surface area contributed by atoms with Crippen LogP contribution in [0, 0.1) is 19.7 Å². The van der Waals surface area contributed by atoms with Crippen LogP contribution >= 0.6 is 23.1 Å². The Morgan fingerprint density at radius 2 is 1.82 bits per heavy atom. The Kier molecular flexibility index (Phi) is 5.47. The largest absolute Gasteiger partial charge is 0.452 e. The van der Waals surface area contributed by atoms with Crippen molar-refractivity contribution in [3.63, 3.8) is 0 Å². The molecule has 0 atom stereocenters. The molecule has 33 heavy (non-hydrogen) atoms. The van der Waals surface area contributed by atoms with Gasteiger partial charge < -0.3 is 4.74 Å². The molecule has 0 fully saturated rings. The third-order valence-electron chi connectivity index (χ3n) is 5.59. The number of nitrogens with zero attached hydrogens (tertiary/aromatic N) is 1. The number of fused-ring (bicyclic) bond motifs is 2. The van der Waals surface area contributed by atoms with E-state index in [0.29, 0.717) is 16.0 Å². The summed E-state index contributed by atoms with van der Waals surface area (Å²) in [6.45, 7) is 3.88. The highest BCUT2D eigenvalue weighted by Gasteiger charge is 2.24. The molecular weight excluding hydrogens is 477 g/mol. The number of ether oxygens (including phenoxy) is 1. The summed E-state index contributed by atoms with van der Waals surface area (Å²) < 4.78 is 50.3. The average Bonchev–Trinajstić information content (AvgIpc) is 3.40. The van der Waals surface area contributed by atoms with E-state index in [1.807, 2.05) is 43.7 Å². The van der Waals surface area contributed by atoms with Gasteiger partial charge in [0.2, 0.25) is 0 Å². The summed E-state index contributed by atoms with van der Waals surface area (Å²) in [5.41, 5.74) is 2.28. The van der Waals surface area contributed by atoms with Gasteiger partial charge in [0, 0.05) is 33.1 Å². The summed E-state index contributed by atoms with van der Waals surface area (Å²) in [5.74, 6) is 0.0793. The van der Waals surface area contributed by atoms with Crippen LogP contribution in [0.2, 0.25) is 0 Å². The molecule has 0 aliphatic carbocycles. The van der Waals surface area contributed by atoms with E-state index in [-0.39, 0.29) is 16.2 Å². The highest BCUT2D eigenvalue weighted by Crippen LogP contribution is 2.44. The SMILES string of the molecule is CSc1c(Oc2csc3cccc(C)c23)c(F)cc2c1ccn2S(=O)(=O)c1ccc(C)cc1. The van der Waals surface area contributed by atoms with E-state index >= 15 is 4.39 Å². The zero-order chi connectivity index (χ0) is 23.3. The van der Waals surface area contributed by atoms with Gasteiger partial charge in [0.15, 0.2) is 11.6 Å².